The van der Waals surface area contributed by atoms with E-state index in [4.69, 9.17) is 0 Å². The molecule has 0 saturated carbocycles. The van der Waals surface area contributed by atoms with Crippen LogP contribution in [-0.4, -0.2) is 23.3 Å². The van der Waals surface area contributed by atoms with E-state index in [0.717, 1.165) is 15.2 Å². The normalized spacial score (nSPS) is 18.8. The number of amides is 1. The van der Waals surface area contributed by atoms with Gasteiger partial charge in [0, 0.05) is 22.1 Å². The summed E-state index contributed by atoms with van der Waals surface area (Å²) >= 11 is 3.40. The van der Waals surface area contributed by atoms with Crippen molar-refractivity contribution in [2.75, 3.05) is 11.4 Å². The molecular formula is C22H18BrNO3. The molecule has 0 radical (unpaired) electrons. The van der Waals surface area contributed by atoms with Crippen molar-refractivity contribution < 1.29 is 14.7 Å². The summed E-state index contributed by atoms with van der Waals surface area (Å²) in [6.07, 6.45) is -0.292. The summed E-state index contributed by atoms with van der Waals surface area (Å²) in [5, 5.41) is 13.1. The van der Waals surface area contributed by atoms with Gasteiger partial charge in [-0.25, -0.2) is 0 Å². The summed E-state index contributed by atoms with van der Waals surface area (Å²) < 4.78 is 0.753. The van der Waals surface area contributed by atoms with Gasteiger partial charge in [-0.1, -0.05) is 58.4 Å². The summed E-state index contributed by atoms with van der Waals surface area (Å²) in [5.74, 6) is -0.710. The van der Waals surface area contributed by atoms with Gasteiger partial charge in [0.25, 0.3) is 5.91 Å². The Hall–Kier alpha value is -2.50. The summed E-state index contributed by atoms with van der Waals surface area (Å²) in [4.78, 5) is 27.6. The first-order chi connectivity index (χ1) is 13.0. The zero-order valence-corrected chi connectivity index (χ0v) is 16.4. The lowest BCUT2D eigenvalue weighted by Gasteiger charge is -2.22. The van der Waals surface area contributed by atoms with Crippen LogP contribution < -0.4 is 4.90 Å². The quantitative estimate of drug-likeness (QED) is 0.631. The predicted octanol–water partition coefficient (Wildman–Crippen LogP) is 4.43. The number of carbonyl (C=O) groups excluding carboxylic acids is 2. The van der Waals surface area contributed by atoms with Crippen LogP contribution in [0, 0.1) is 0 Å². The Balaban J connectivity index is 1.78. The van der Waals surface area contributed by atoms with Crippen molar-refractivity contribution in [3.8, 4) is 0 Å². The lowest BCUT2D eigenvalue weighted by molar-refractivity contribution is -0.135. The molecule has 5 heteroatoms. The lowest BCUT2D eigenvalue weighted by Crippen LogP contribution is -2.41. The molecule has 4 nitrogen and oxygen atoms in total. The second-order valence-corrected chi connectivity index (χ2v) is 7.61. The molecule has 1 atom stereocenters. The Morgan fingerprint density at radius 2 is 1.85 bits per heavy atom. The Morgan fingerprint density at radius 1 is 1.11 bits per heavy atom. The molecule has 4 rings (SSSR count). The molecule has 1 amide bonds. The largest absolute Gasteiger partial charge is 0.375 e. The van der Waals surface area contributed by atoms with Crippen molar-refractivity contribution in [2.45, 2.75) is 18.9 Å². The number of benzene rings is 3. The van der Waals surface area contributed by atoms with Gasteiger partial charge in [0.15, 0.2) is 11.4 Å². The molecule has 0 aromatic heterocycles. The number of anilines is 1. The maximum Gasteiger partial charge on any atom is 0.264 e. The van der Waals surface area contributed by atoms with Crippen molar-refractivity contribution in [1.82, 2.24) is 0 Å². The van der Waals surface area contributed by atoms with E-state index >= 15 is 0 Å². The third-order valence-electron chi connectivity index (χ3n) is 5.12. The van der Waals surface area contributed by atoms with Crippen molar-refractivity contribution in [3.05, 3.63) is 76.3 Å². The molecule has 3 aromatic carbocycles. The van der Waals surface area contributed by atoms with E-state index < -0.39 is 11.5 Å². The maximum absolute atomic E-state index is 13.1. The molecule has 0 unspecified atom stereocenters. The lowest BCUT2D eigenvalue weighted by atomic mass is 9.87. The first-order valence-electron chi connectivity index (χ1n) is 8.81. The number of rotatable bonds is 4. The van der Waals surface area contributed by atoms with Crippen LogP contribution in [0.4, 0.5) is 5.69 Å². The zero-order valence-electron chi connectivity index (χ0n) is 14.8. The third kappa shape index (κ3) is 2.78. The van der Waals surface area contributed by atoms with Gasteiger partial charge in [0.05, 0.1) is 12.1 Å². The first-order valence-corrected chi connectivity index (χ1v) is 9.60. The first kappa shape index (κ1) is 17.9. The highest BCUT2D eigenvalue weighted by atomic mass is 79.9. The molecule has 136 valence electrons. The predicted molar refractivity (Wildman–Crippen MR) is 109 cm³/mol. The molecule has 1 heterocycles. The third-order valence-corrected chi connectivity index (χ3v) is 5.61. The van der Waals surface area contributed by atoms with Gasteiger partial charge in [-0.15, -0.1) is 0 Å². The topological polar surface area (TPSA) is 57.6 Å². The highest BCUT2D eigenvalue weighted by molar-refractivity contribution is 9.10. The van der Waals surface area contributed by atoms with E-state index in [1.54, 1.807) is 18.2 Å². The van der Waals surface area contributed by atoms with Crippen LogP contribution >= 0.6 is 15.9 Å². The van der Waals surface area contributed by atoms with E-state index in [9.17, 15) is 14.7 Å². The minimum Gasteiger partial charge on any atom is -0.375 e. The Morgan fingerprint density at radius 3 is 2.63 bits per heavy atom. The van der Waals surface area contributed by atoms with E-state index in [2.05, 4.69) is 15.9 Å². The molecule has 0 bridgehead atoms. The van der Waals surface area contributed by atoms with Crippen LogP contribution in [0.5, 0.6) is 0 Å². The van der Waals surface area contributed by atoms with Crippen LogP contribution in [0.1, 0.15) is 29.3 Å². The molecule has 0 aliphatic carbocycles. The molecule has 0 spiro atoms. The van der Waals surface area contributed by atoms with Gasteiger partial charge in [-0.2, -0.15) is 0 Å². The summed E-state index contributed by atoms with van der Waals surface area (Å²) in [7, 11) is 0. The number of likely N-dealkylation sites (N-methyl/N-ethyl adjacent to an activating group) is 1. The number of Topliss-reactive ketones (excluding diaryl/α,β-unsaturated/α-hetero) is 1. The number of hydrogen-bond acceptors (Lipinski definition) is 3. The van der Waals surface area contributed by atoms with Crippen LogP contribution in [0.3, 0.4) is 0 Å². The average Bonchev–Trinajstić information content (AvgIpc) is 2.88. The fourth-order valence-electron chi connectivity index (χ4n) is 3.80. The molecule has 3 aromatic rings. The minimum absolute atomic E-state index is 0.258. The van der Waals surface area contributed by atoms with E-state index in [1.165, 1.54) is 4.90 Å². The molecule has 1 aliphatic heterocycles. The Labute approximate surface area is 165 Å². The SMILES string of the molecule is CCN1C(=O)[C@](O)(CC(=O)c2cccc3ccccc23)c2cc(Br)ccc21. The zero-order chi connectivity index (χ0) is 19.2. The van der Waals surface area contributed by atoms with Gasteiger partial charge < -0.3 is 10.0 Å². The highest BCUT2D eigenvalue weighted by Crippen LogP contribution is 2.44. The number of hydrogen-bond donors (Lipinski definition) is 1. The van der Waals surface area contributed by atoms with Gasteiger partial charge in [-0.05, 0) is 35.9 Å². The number of halogens is 1. The van der Waals surface area contributed by atoms with Gasteiger partial charge in [-0.3, -0.25) is 9.59 Å². The fraction of sp³-hybridized carbons (Fsp3) is 0.182. The number of ketones is 1. The van der Waals surface area contributed by atoms with Gasteiger partial charge in [0.2, 0.25) is 0 Å². The standard InChI is InChI=1S/C22H18BrNO3/c1-2-24-19-11-10-15(23)12-18(19)22(27,21(24)26)13-20(25)17-9-5-7-14-6-3-4-8-16(14)17/h3-12,27H,2,13H2,1H3/t22-/m0/s1. The van der Waals surface area contributed by atoms with Gasteiger partial charge in [0.1, 0.15) is 0 Å². The van der Waals surface area contributed by atoms with Gasteiger partial charge >= 0.3 is 0 Å². The Bertz CT molecular complexity index is 1070. The van der Waals surface area contributed by atoms with E-state index in [-0.39, 0.29) is 12.2 Å². The second-order valence-electron chi connectivity index (χ2n) is 6.70. The summed E-state index contributed by atoms with van der Waals surface area (Å²) in [5.41, 5.74) is -0.222. The summed E-state index contributed by atoms with van der Waals surface area (Å²) in [6.45, 7) is 2.28. The van der Waals surface area contributed by atoms with Crippen molar-refractivity contribution in [2.24, 2.45) is 0 Å². The minimum atomic E-state index is -1.86. The van der Waals surface area contributed by atoms with Crippen molar-refractivity contribution >= 4 is 44.1 Å². The maximum atomic E-state index is 13.1. The highest BCUT2D eigenvalue weighted by Gasteiger charge is 2.50. The van der Waals surface area contributed by atoms with E-state index in [1.807, 2.05) is 49.4 Å². The van der Waals surface area contributed by atoms with Crippen molar-refractivity contribution in [1.29, 1.82) is 0 Å². The molecule has 1 N–H and O–H groups in total. The number of fused-ring (bicyclic) bond motifs is 2. The smallest absolute Gasteiger partial charge is 0.264 e. The molecular weight excluding hydrogens is 406 g/mol. The average molecular weight is 424 g/mol. The van der Waals surface area contributed by atoms with Crippen LogP contribution in [0.2, 0.25) is 0 Å². The summed E-state index contributed by atoms with van der Waals surface area (Å²) in [6, 6.07) is 18.4. The fourth-order valence-corrected chi connectivity index (χ4v) is 4.16. The Kier molecular flexibility index (Phi) is 4.36. The number of nitrogens with zero attached hydrogens (tertiary/aromatic N) is 1. The van der Waals surface area contributed by atoms with E-state index in [0.29, 0.717) is 23.4 Å². The molecule has 0 fully saturated rings. The van der Waals surface area contributed by atoms with Crippen LogP contribution in [0.25, 0.3) is 10.8 Å². The second kappa shape index (κ2) is 6.59. The molecule has 1 aliphatic rings. The molecule has 0 saturated heterocycles. The monoisotopic (exact) mass is 423 g/mol. The molecule has 27 heavy (non-hydrogen) atoms. The number of aliphatic hydroxyl groups is 1. The van der Waals surface area contributed by atoms with Crippen molar-refractivity contribution in [3.63, 3.8) is 0 Å². The number of carbonyl (C=O) groups is 2. The van der Waals surface area contributed by atoms with Crippen LogP contribution in [-0.2, 0) is 10.4 Å². The van der Waals surface area contributed by atoms with Crippen LogP contribution in [0.15, 0.2) is 65.1 Å².